The third kappa shape index (κ3) is 1.31. The van der Waals surface area contributed by atoms with E-state index >= 15 is 0 Å². The molecule has 0 N–H and O–H groups in total. The monoisotopic (exact) mass is 175 g/mol. The Morgan fingerprint density at radius 2 is 2.08 bits per heavy atom. The number of ether oxygens (including phenoxy) is 2. The maximum atomic E-state index is 8.82. The molecule has 13 heavy (non-hydrogen) atoms. The van der Waals surface area contributed by atoms with E-state index in [0.29, 0.717) is 11.5 Å². The van der Waals surface area contributed by atoms with Gasteiger partial charge in [0, 0.05) is 0 Å². The van der Waals surface area contributed by atoms with E-state index < -0.39 is 5.60 Å². The van der Waals surface area contributed by atoms with Crippen molar-refractivity contribution < 1.29 is 9.47 Å². The summed E-state index contributed by atoms with van der Waals surface area (Å²) in [5.74, 6) is 1.34. The Kier molecular flexibility index (Phi) is 1.63. The van der Waals surface area contributed by atoms with Crippen LogP contribution in [0.3, 0.4) is 0 Å². The van der Waals surface area contributed by atoms with Gasteiger partial charge in [-0.05, 0) is 19.1 Å². The van der Waals surface area contributed by atoms with Crippen LogP contribution in [0.2, 0.25) is 0 Å². The standard InChI is InChI=1S/C10H9NO2/c1-10(6-11)7-12-8-4-2-3-5-9(8)13-10/h2-5H,7H2,1H3/t10-/m1/s1. The van der Waals surface area contributed by atoms with E-state index in [2.05, 4.69) is 6.07 Å². The number of para-hydroxylation sites is 2. The molecule has 0 radical (unpaired) electrons. The van der Waals surface area contributed by atoms with E-state index in [-0.39, 0.29) is 6.61 Å². The lowest BCUT2D eigenvalue weighted by molar-refractivity contribution is 0.0503. The minimum atomic E-state index is -0.853. The molecule has 0 amide bonds. The summed E-state index contributed by atoms with van der Waals surface area (Å²) in [5.41, 5.74) is -0.853. The zero-order chi connectivity index (χ0) is 9.31. The van der Waals surface area contributed by atoms with Crippen LogP contribution in [0, 0.1) is 11.3 Å². The Morgan fingerprint density at radius 3 is 2.77 bits per heavy atom. The molecule has 0 bridgehead atoms. The van der Waals surface area contributed by atoms with Crippen LogP contribution in [0.25, 0.3) is 0 Å². The van der Waals surface area contributed by atoms with Crippen molar-refractivity contribution in [1.29, 1.82) is 5.26 Å². The lowest BCUT2D eigenvalue weighted by Crippen LogP contribution is -2.40. The molecule has 0 aromatic heterocycles. The number of benzene rings is 1. The number of nitrogens with zero attached hydrogens (tertiary/aromatic N) is 1. The molecule has 1 aliphatic heterocycles. The lowest BCUT2D eigenvalue weighted by atomic mass is 10.1. The Hall–Kier alpha value is -1.69. The summed E-state index contributed by atoms with van der Waals surface area (Å²) in [6.07, 6.45) is 0. The Morgan fingerprint density at radius 1 is 1.38 bits per heavy atom. The first kappa shape index (κ1) is 7.93. The summed E-state index contributed by atoms with van der Waals surface area (Å²) in [6, 6.07) is 9.42. The molecule has 1 atom stereocenters. The van der Waals surface area contributed by atoms with Gasteiger partial charge in [0.25, 0.3) is 0 Å². The maximum absolute atomic E-state index is 8.82. The number of fused-ring (bicyclic) bond motifs is 1. The van der Waals surface area contributed by atoms with E-state index in [4.69, 9.17) is 14.7 Å². The van der Waals surface area contributed by atoms with Gasteiger partial charge in [0.05, 0.1) is 0 Å². The van der Waals surface area contributed by atoms with Gasteiger partial charge in [-0.1, -0.05) is 12.1 Å². The first-order valence-corrected chi connectivity index (χ1v) is 4.06. The van der Waals surface area contributed by atoms with Crippen LogP contribution < -0.4 is 9.47 Å². The van der Waals surface area contributed by atoms with Gasteiger partial charge in [-0.15, -0.1) is 0 Å². The van der Waals surface area contributed by atoms with Crippen molar-refractivity contribution in [2.45, 2.75) is 12.5 Å². The van der Waals surface area contributed by atoms with Gasteiger partial charge in [0.15, 0.2) is 11.5 Å². The van der Waals surface area contributed by atoms with Crippen molar-refractivity contribution in [3.05, 3.63) is 24.3 Å². The summed E-state index contributed by atoms with van der Waals surface area (Å²) in [7, 11) is 0. The number of rotatable bonds is 0. The first-order valence-electron chi connectivity index (χ1n) is 4.06. The fraction of sp³-hybridized carbons (Fsp3) is 0.300. The molecule has 0 saturated carbocycles. The Labute approximate surface area is 76.5 Å². The van der Waals surface area contributed by atoms with Gasteiger partial charge >= 0.3 is 0 Å². The number of hydrogen-bond donors (Lipinski definition) is 0. The highest BCUT2D eigenvalue weighted by atomic mass is 16.6. The molecule has 1 heterocycles. The predicted molar refractivity (Wildman–Crippen MR) is 46.6 cm³/mol. The lowest BCUT2D eigenvalue weighted by Gasteiger charge is -2.29. The molecule has 0 saturated heterocycles. The summed E-state index contributed by atoms with van der Waals surface area (Å²) in [6.45, 7) is 1.99. The number of hydrogen-bond acceptors (Lipinski definition) is 3. The van der Waals surface area contributed by atoms with Gasteiger partial charge in [-0.25, -0.2) is 0 Å². The van der Waals surface area contributed by atoms with Crippen LogP contribution in [-0.4, -0.2) is 12.2 Å². The molecule has 1 aromatic carbocycles. The van der Waals surface area contributed by atoms with Crippen molar-refractivity contribution in [3.63, 3.8) is 0 Å². The quantitative estimate of drug-likeness (QED) is 0.603. The second kappa shape index (κ2) is 2.67. The molecule has 66 valence electrons. The average molecular weight is 175 g/mol. The minimum Gasteiger partial charge on any atom is -0.484 e. The summed E-state index contributed by atoms with van der Waals surface area (Å²) < 4.78 is 10.9. The van der Waals surface area contributed by atoms with E-state index in [1.54, 1.807) is 13.0 Å². The van der Waals surface area contributed by atoms with Crippen LogP contribution in [0.1, 0.15) is 6.92 Å². The van der Waals surface area contributed by atoms with E-state index in [1.165, 1.54) is 0 Å². The molecule has 0 spiro atoms. The maximum Gasteiger partial charge on any atom is 0.225 e. The molecular weight excluding hydrogens is 166 g/mol. The zero-order valence-electron chi connectivity index (χ0n) is 7.28. The van der Waals surface area contributed by atoms with Crippen molar-refractivity contribution in [1.82, 2.24) is 0 Å². The molecule has 3 heteroatoms. The normalized spacial score (nSPS) is 24.9. The van der Waals surface area contributed by atoms with Gasteiger partial charge in [-0.3, -0.25) is 0 Å². The number of nitriles is 1. The smallest absolute Gasteiger partial charge is 0.225 e. The van der Waals surface area contributed by atoms with Gasteiger partial charge in [-0.2, -0.15) is 5.26 Å². The van der Waals surface area contributed by atoms with Crippen LogP contribution in [-0.2, 0) is 0 Å². The Balaban J connectivity index is 2.36. The van der Waals surface area contributed by atoms with E-state index in [0.717, 1.165) is 0 Å². The molecule has 3 nitrogen and oxygen atoms in total. The Bertz CT molecular complexity index is 369. The predicted octanol–water partition coefficient (Wildman–Crippen LogP) is 1.74. The molecule has 2 rings (SSSR count). The molecule has 0 fully saturated rings. The SMILES string of the molecule is C[C@@]1(C#N)COc2ccccc2O1. The van der Waals surface area contributed by atoms with E-state index in [9.17, 15) is 0 Å². The van der Waals surface area contributed by atoms with Gasteiger partial charge < -0.3 is 9.47 Å². The fourth-order valence-corrected chi connectivity index (χ4v) is 1.20. The summed E-state index contributed by atoms with van der Waals surface area (Å²) >= 11 is 0. The topological polar surface area (TPSA) is 42.2 Å². The third-order valence-corrected chi connectivity index (χ3v) is 1.92. The van der Waals surface area contributed by atoms with Crippen LogP contribution in [0.15, 0.2) is 24.3 Å². The molecule has 0 aliphatic carbocycles. The highest BCUT2D eigenvalue weighted by Crippen LogP contribution is 2.34. The van der Waals surface area contributed by atoms with Gasteiger partial charge in [0.1, 0.15) is 12.7 Å². The largest absolute Gasteiger partial charge is 0.484 e. The third-order valence-electron chi connectivity index (χ3n) is 1.92. The van der Waals surface area contributed by atoms with Crippen molar-refractivity contribution in [2.75, 3.05) is 6.61 Å². The first-order chi connectivity index (χ1) is 6.23. The van der Waals surface area contributed by atoms with Gasteiger partial charge in [0.2, 0.25) is 5.60 Å². The second-order valence-corrected chi connectivity index (χ2v) is 3.18. The molecule has 1 aliphatic rings. The van der Waals surface area contributed by atoms with Crippen LogP contribution >= 0.6 is 0 Å². The molecule has 0 unspecified atom stereocenters. The van der Waals surface area contributed by atoms with Crippen molar-refractivity contribution >= 4 is 0 Å². The molecule has 1 aromatic rings. The highest BCUT2D eigenvalue weighted by Gasteiger charge is 2.32. The summed E-state index contributed by atoms with van der Waals surface area (Å²) in [5, 5.41) is 8.82. The van der Waals surface area contributed by atoms with Crippen LogP contribution in [0.4, 0.5) is 0 Å². The van der Waals surface area contributed by atoms with Crippen molar-refractivity contribution in [3.8, 4) is 17.6 Å². The fourth-order valence-electron chi connectivity index (χ4n) is 1.20. The average Bonchev–Trinajstić information content (AvgIpc) is 2.18. The second-order valence-electron chi connectivity index (χ2n) is 3.18. The zero-order valence-corrected chi connectivity index (χ0v) is 7.28. The molecular formula is C10H9NO2. The van der Waals surface area contributed by atoms with Crippen molar-refractivity contribution in [2.24, 2.45) is 0 Å². The van der Waals surface area contributed by atoms with Crippen LogP contribution in [0.5, 0.6) is 11.5 Å². The highest BCUT2D eigenvalue weighted by molar-refractivity contribution is 5.42. The summed E-state index contributed by atoms with van der Waals surface area (Å²) in [4.78, 5) is 0. The minimum absolute atomic E-state index is 0.278. The van der Waals surface area contributed by atoms with E-state index in [1.807, 2.05) is 18.2 Å².